The van der Waals surface area contributed by atoms with Gasteiger partial charge in [-0.1, -0.05) is 33.1 Å². The van der Waals surface area contributed by atoms with E-state index in [9.17, 15) is 0 Å². The van der Waals surface area contributed by atoms with E-state index in [1.807, 2.05) is 0 Å². The maximum atomic E-state index is 4.56. The van der Waals surface area contributed by atoms with Gasteiger partial charge in [-0.3, -0.25) is 0 Å². The lowest BCUT2D eigenvalue weighted by atomic mass is 10.00. The van der Waals surface area contributed by atoms with Crippen LogP contribution in [0.1, 0.15) is 64.1 Å². The third-order valence-corrected chi connectivity index (χ3v) is 4.16. The normalized spacial score (nSPS) is 17.1. The van der Waals surface area contributed by atoms with Crippen molar-refractivity contribution in [2.75, 3.05) is 11.9 Å². The number of nitrogens with one attached hydrogen (secondary N) is 1. The zero-order chi connectivity index (χ0) is 12.1. The molecule has 1 unspecified atom stereocenters. The van der Waals surface area contributed by atoms with Crippen LogP contribution in [0.15, 0.2) is 0 Å². The van der Waals surface area contributed by atoms with Gasteiger partial charge in [0, 0.05) is 24.0 Å². The molecule has 0 bridgehead atoms. The Morgan fingerprint density at radius 2 is 2.24 bits per heavy atom. The minimum atomic E-state index is 0.670. The third-order valence-electron chi connectivity index (χ3n) is 3.47. The van der Waals surface area contributed by atoms with Crippen LogP contribution in [0.4, 0.5) is 5.13 Å². The molecule has 96 valence electrons. The van der Waals surface area contributed by atoms with Crippen molar-refractivity contribution in [2.45, 2.75) is 58.3 Å². The number of unbranched alkanes of at least 4 members (excludes halogenated alkanes) is 1. The average Bonchev–Trinajstić information content (AvgIpc) is 3.10. The molecule has 1 aromatic heterocycles. The SMILES string of the molecule is CCCCC(CC)CNc1nc(C2CC2)ns1. The van der Waals surface area contributed by atoms with Crippen LogP contribution in [0.25, 0.3) is 0 Å². The molecule has 0 saturated heterocycles. The van der Waals surface area contributed by atoms with E-state index in [1.165, 1.54) is 50.1 Å². The summed E-state index contributed by atoms with van der Waals surface area (Å²) < 4.78 is 4.41. The Balaban J connectivity index is 1.74. The fourth-order valence-electron chi connectivity index (χ4n) is 1.99. The predicted molar refractivity (Wildman–Crippen MR) is 73.7 cm³/mol. The van der Waals surface area contributed by atoms with Gasteiger partial charge in [0.15, 0.2) is 0 Å². The number of anilines is 1. The molecule has 0 aromatic carbocycles. The molecule has 0 spiro atoms. The highest BCUT2D eigenvalue weighted by Gasteiger charge is 2.27. The van der Waals surface area contributed by atoms with Crippen LogP contribution in [0, 0.1) is 5.92 Å². The Morgan fingerprint density at radius 3 is 2.88 bits per heavy atom. The third kappa shape index (κ3) is 3.95. The first-order chi connectivity index (χ1) is 8.33. The van der Waals surface area contributed by atoms with E-state index in [-0.39, 0.29) is 0 Å². The highest BCUT2D eigenvalue weighted by atomic mass is 32.1. The van der Waals surface area contributed by atoms with Crippen molar-refractivity contribution < 1.29 is 0 Å². The van der Waals surface area contributed by atoms with E-state index >= 15 is 0 Å². The molecule has 1 N–H and O–H groups in total. The molecule has 1 saturated carbocycles. The van der Waals surface area contributed by atoms with Crippen LogP contribution >= 0.6 is 11.5 Å². The molecule has 1 heterocycles. The number of hydrogen-bond donors (Lipinski definition) is 1. The summed E-state index contributed by atoms with van der Waals surface area (Å²) in [6.45, 7) is 5.58. The van der Waals surface area contributed by atoms with Crippen molar-refractivity contribution in [3.63, 3.8) is 0 Å². The van der Waals surface area contributed by atoms with Crippen molar-refractivity contribution in [3.05, 3.63) is 5.82 Å². The number of rotatable bonds is 8. The Morgan fingerprint density at radius 1 is 1.41 bits per heavy atom. The van der Waals surface area contributed by atoms with Gasteiger partial charge in [0.05, 0.1) is 0 Å². The van der Waals surface area contributed by atoms with Crippen LogP contribution in [0.5, 0.6) is 0 Å². The maximum Gasteiger partial charge on any atom is 0.202 e. The monoisotopic (exact) mass is 253 g/mol. The van der Waals surface area contributed by atoms with E-state index in [1.54, 1.807) is 0 Å². The average molecular weight is 253 g/mol. The van der Waals surface area contributed by atoms with Gasteiger partial charge < -0.3 is 5.32 Å². The molecule has 1 atom stereocenters. The first-order valence-electron chi connectivity index (χ1n) is 6.91. The van der Waals surface area contributed by atoms with E-state index in [2.05, 4.69) is 28.5 Å². The Labute approximate surface area is 108 Å². The van der Waals surface area contributed by atoms with E-state index in [0.717, 1.165) is 23.4 Å². The van der Waals surface area contributed by atoms with Gasteiger partial charge in [-0.05, 0) is 25.2 Å². The minimum absolute atomic E-state index is 0.670. The molecule has 1 aliphatic rings. The van der Waals surface area contributed by atoms with Crippen LogP contribution in [0.2, 0.25) is 0 Å². The molecule has 2 rings (SSSR count). The first kappa shape index (κ1) is 12.8. The largest absolute Gasteiger partial charge is 0.360 e. The molecule has 1 aromatic rings. The molecular formula is C13H23N3S. The summed E-state index contributed by atoms with van der Waals surface area (Å²) in [5.74, 6) is 2.52. The number of hydrogen-bond acceptors (Lipinski definition) is 4. The van der Waals surface area contributed by atoms with Crippen molar-refractivity contribution in [1.29, 1.82) is 0 Å². The van der Waals surface area contributed by atoms with Crippen LogP contribution in [0.3, 0.4) is 0 Å². The second-order valence-corrected chi connectivity index (χ2v) is 5.78. The summed E-state index contributed by atoms with van der Waals surface area (Å²) in [7, 11) is 0. The molecule has 1 aliphatic carbocycles. The van der Waals surface area contributed by atoms with E-state index in [4.69, 9.17) is 0 Å². The number of aromatic nitrogens is 2. The fraction of sp³-hybridized carbons (Fsp3) is 0.846. The molecule has 0 aliphatic heterocycles. The first-order valence-corrected chi connectivity index (χ1v) is 7.68. The molecule has 0 radical (unpaired) electrons. The summed E-state index contributed by atoms with van der Waals surface area (Å²) in [6, 6.07) is 0. The van der Waals surface area contributed by atoms with E-state index < -0.39 is 0 Å². The molecule has 1 fully saturated rings. The van der Waals surface area contributed by atoms with Crippen LogP contribution < -0.4 is 5.32 Å². The Kier molecular flexibility index (Phi) is 4.77. The lowest BCUT2D eigenvalue weighted by Crippen LogP contribution is -2.13. The minimum Gasteiger partial charge on any atom is -0.360 e. The summed E-state index contributed by atoms with van der Waals surface area (Å²) in [5.41, 5.74) is 0. The molecular weight excluding hydrogens is 230 g/mol. The smallest absolute Gasteiger partial charge is 0.202 e. The highest BCUT2D eigenvalue weighted by molar-refractivity contribution is 7.09. The topological polar surface area (TPSA) is 37.8 Å². The molecule has 4 heteroatoms. The van der Waals surface area contributed by atoms with Gasteiger partial charge in [-0.15, -0.1) is 0 Å². The molecule has 17 heavy (non-hydrogen) atoms. The Bertz CT molecular complexity index is 333. The van der Waals surface area contributed by atoms with Gasteiger partial charge >= 0.3 is 0 Å². The fourth-order valence-corrected chi connectivity index (χ4v) is 2.64. The predicted octanol–water partition coefficient (Wildman–Crippen LogP) is 4.04. The van der Waals surface area contributed by atoms with Gasteiger partial charge in [-0.25, -0.2) is 4.98 Å². The second kappa shape index (κ2) is 6.34. The molecule has 3 nitrogen and oxygen atoms in total. The van der Waals surface area contributed by atoms with Crippen LogP contribution in [-0.4, -0.2) is 15.9 Å². The maximum absolute atomic E-state index is 4.56. The van der Waals surface area contributed by atoms with E-state index in [0.29, 0.717) is 5.92 Å². The highest BCUT2D eigenvalue weighted by Crippen LogP contribution is 2.39. The van der Waals surface area contributed by atoms with Crippen molar-refractivity contribution >= 4 is 16.7 Å². The van der Waals surface area contributed by atoms with Crippen molar-refractivity contribution in [3.8, 4) is 0 Å². The summed E-state index contributed by atoms with van der Waals surface area (Å²) in [4.78, 5) is 4.56. The second-order valence-electron chi connectivity index (χ2n) is 5.03. The standard InChI is InChI=1S/C13H23N3S/c1-3-5-6-10(4-2)9-14-13-15-12(16-17-13)11-7-8-11/h10-11H,3-9H2,1-2H3,(H,14,15,16). The van der Waals surface area contributed by atoms with Crippen molar-refractivity contribution in [2.24, 2.45) is 5.92 Å². The zero-order valence-electron chi connectivity index (χ0n) is 10.9. The van der Waals surface area contributed by atoms with Crippen LogP contribution in [-0.2, 0) is 0 Å². The summed E-state index contributed by atoms with van der Waals surface area (Å²) in [5, 5.41) is 4.47. The van der Waals surface area contributed by atoms with Gasteiger partial charge in [-0.2, -0.15) is 4.37 Å². The number of nitrogens with zero attached hydrogens (tertiary/aromatic N) is 2. The summed E-state index contributed by atoms with van der Waals surface area (Å²) in [6.07, 6.45) is 7.77. The van der Waals surface area contributed by atoms with Crippen molar-refractivity contribution in [1.82, 2.24) is 9.36 Å². The lowest BCUT2D eigenvalue weighted by molar-refractivity contribution is 0.472. The quantitative estimate of drug-likeness (QED) is 0.759. The molecule has 0 amide bonds. The lowest BCUT2D eigenvalue weighted by Gasteiger charge is -2.14. The van der Waals surface area contributed by atoms with Gasteiger partial charge in [0.2, 0.25) is 5.13 Å². The zero-order valence-corrected chi connectivity index (χ0v) is 11.7. The Hall–Kier alpha value is -0.640. The van der Waals surface area contributed by atoms with Gasteiger partial charge in [0.1, 0.15) is 5.82 Å². The summed E-state index contributed by atoms with van der Waals surface area (Å²) >= 11 is 1.52. The van der Waals surface area contributed by atoms with Gasteiger partial charge in [0.25, 0.3) is 0 Å².